The second-order valence-corrected chi connectivity index (χ2v) is 10.8. The molecule has 1 N–H and O–H groups in total. The van der Waals surface area contributed by atoms with Crippen molar-refractivity contribution in [2.75, 3.05) is 13.1 Å². The summed E-state index contributed by atoms with van der Waals surface area (Å²) in [5.41, 5.74) is 3.35. The Hall–Kier alpha value is -2.71. The fourth-order valence-corrected chi connectivity index (χ4v) is 5.95. The van der Waals surface area contributed by atoms with Crippen LogP contribution in [-0.2, 0) is 17.8 Å². The topological polar surface area (TPSA) is 63.1 Å². The van der Waals surface area contributed by atoms with Gasteiger partial charge in [0.2, 0.25) is 5.91 Å². The van der Waals surface area contributed by atoms with E-state index in [1.807, 2.05) is 17.6 Å². The van der Waals surface area contributed by atoms with Gasteiger partial charge in [-0.2, -0.15) is 0 Å². The normalized spacial score (nSPS) is 19.2. The molecule has 1 amide bonds. The third-order valence-electron chi connectivity index (χ3n) is 6.94. The number of likely N-dealkylation sites (tertiary alicyclic amines) is 1. The number of rotatable bonds is 7. The maximum absolute atomic E-state index is 13.6. The molecule has 2 heterocycles. The summed E-state index contributed by atoms with van der Waals surface area (Å²) in [7, 11) is 0. The Balaban J connectivity index is 1.34. The van der Waals surface area contributed by atoms with Gasteiger partial charge in [-0.1, -0.05) is 42.4 Å². The van der Waals surface area contributed by atoms with Crippen LogP contribution in [0.5, 0.6) is 0 Å². The van der Waals surface area contributed by atoms with E-state index < -0.39 is 0 Å². The summed E-state index contributed by atoms with van der Waals surface area (Å²) < 4.78 is 15.6. The maximum atomic E-state index is 13.6. The summed E-state index contributed by atoms with van der Waals surface area (Å²) in [5, 5.41) is 12.5. The molecule has 6 nitrogen and oxygen atoms in total. The molecule has 2 atom stereocenters. The maximum Gasteiger partial charge on any atom is 0.233 e. The van der Waals surface area contributed by atoms with Gasteiger partial charge in [-0.25, -0.2) is 4.39 Å². The van der Waals surface area contributed by atoms with E-state index in [9.17, 15) is 9.18 Å². The first-order chi connectivity index (χ1) is 17.1. The van der Waals surface area contributed by atoms with Crippen LogP contribution in [0.2, 0.25) is 0 Å². The fraction of sp³-hybridized carbons (Fsp3) is 0.444. The first-order valence-electron chi connectivity index (χ1n) is 12.6. The van der Waals surface area contributed by atoms with Gasteiger partial charge in [-0.15, -0.1) is 10.2 Å². The largest absolute Gasteiger partial charge is 0.348 e. The highest BCUT2D eigenvalue weighted by molar-refractivity contribution is 8.00. The lowest BCUT2D eigenvalue weighted by Crippen LogP contribution is -2.36. The van der Waals surface area contributed by atoms with E-state index in [0.29, 0.717) is 11.7 Å². The number of nitrogens with one attached hydrogen (secondary N) is 1. The Morgan fingerprint density at radius 3 is 2.66 bits per heavy atom. The standard InChI is InChI=1S/C27H32FN5OS/c1-19(26(34)29-24-11-7-9-20-8-3-4-10-23(20)24)35-27-31-30-25(18-32-16-5-2-6-17-32)33(27)22-14-12-21(28)13-15-22/h3-4,8,10,12-15,19,24H,2,5-7,9,11,16-18H2,1H3,(H,29,34). The molecule has 5 rings (SSSR count). The average Bonchev–Trinajstić information content (AvgIpc) is 3.27. The van der Waals surface area contributed by atoms with E-state index in [4.69, 9.17) is 0 Å². The molecule has 0 radical (unpaired) electrons. The lowest BCUT2D eigenvalue weighted by molar-refractivity contribution is -0.121. The molecule has 2 aliphatic rings. The van der Waals surface area contributed by atoms with Crippen LogP contribution in [0.4, 0.5) is 4.39 Å². The first kappa shape index (κ1) is 24.0. The lowest BCUT2D eigenvalue weighted by atomic mass is 9.88. The summed E-state index contributed by atoms with van der Waals surface area (Å²) in [6, 6.07) is 14.8. The summed E-state index contributed by atoms with van der Waals surface area (Å²) in [4.78, 5) is 15.6. The molecule has 1 saturated heterocycles. The van der Waals surface area contributed by atoms with Gasteiger partial charge in [0.15, 0.2) is 11.0 Å². The van der Waals surface area contributed by atoms with Crippen LogP contribution in [-0.4, -0.2) is 43.9 Å². The van der Waals surface area contributed by atoms with Crippen LogP contribution in [0.15, 0.2) is 53.7 Å². The molecule has 1 fully saturated rings. The minimum atomic E-state index is -0.352. The molecular weight excluding hydrogens is 461 g/mol. The van der Waals surface area contributed by atoms with E-state index in [-0.39, 0.29) is 23.0 Å². The third kappa shape index (κ3) is 5.59. The number of aryl methyl sites for hydroxylation is 1. The zero-order valence-corrected chi connectivity index (χ0v) is 20.9. The molecule has 0 saturated carbocycles. The molecule has 0 bridgehead atoms. The van der Waals surface area contributed by atoms with Gasteiger partial charge in [-0.05, 0) is 87.5 Å². The number of aromatic nitrogens is 3. The van der Waals surface area contributed by atoms with Crippen molar-refractivity contribution in [1.29, 1.82) is 0 Å². The molecule has 8 heteroatoms. The van der Waals surface area contributed by atoms with E-state index in [2.05, 4.69) is 38.6 Å². The number of hydrogen-bond donors (Lipinski definition) is 1. The van der Waals surface area contributed by atoms with Gasteiger partial charge in [-0.3, -0.25) is 14.3 Å². The van der Waals surface area contributed by atoms with Crippen LogP contribution >= 0.6 is 11.8 Å². The Bertz CT molecular complexity index is 1160. The predicted molar refractivity (Wildman–Crippen MR) is 136 cm³/mol. The minimum Gasteiger partial charge on any atom is -0.348 e. The molecule has 1 aliphatic carbocycles. The van der Waals surface area contributed by atoms with Crippen molar-refractivity contribution in [1.82, 2.24) is 25.0 Å². The van der Waals surface area contributed by atoms with Crippen molar-refractivity contribution >= 4 is 17.7 Å². The van der Waals surface area contributed by atoms with Gasteiger partial charge in [0.25, 0.3) is 0 Å². The number of piperidine rings is 1. The first-order valence-corrected chi connectivity index (χ1v) is 13.4. The van der Waals surface area contributed by atoms with Crippen LogP contribution in [0.3, 0.4) is 0 Å². The number of hydrogen-bond acceptors (Lipinski definition) is 5. The highest BCUT2D eigenvalue weighted by Crippen LogP contribution is 2.31. The van der Waals surface area contributed by atoms with Gasteiger partial charge >= 0.3 is 0 Å². The van der Waals surface area contributed by atoms with Crippen molar-refractivity contribution in [3.8, 4) is 5.69 Å². The van der Waals surface area contributed by atoms with E-state index in [1.165, 1.54) is 54.3 Å². The number of amides is 1. The quantitative estimate of drug-likeness (QED) is 0.466. The molecular formula is C27H32FN5OS. The summed E-state index contributed by atoms with van der Waals surface area (Å²) >= 11 is 1.40. The second kappa shape index (κ2) is 10.9. The molecule has 3 aromatic rings. The number of carbonyl (C=O) groups excluding carboxylic acids is 1. The molecule has 184 valence electrons. The molecule has 35 heavy (non-hydrogen) atoms. The number of halogens is 1. The van der Waals surface area contributed by atoms with E-state index in [1.54, 1.807) is 12.1 Å². The minimum absolute atomic E-state index is 0.0112. The zero-order chi connectivity index (χ0) is 24.2. The van der Waals surface area contributed by atoms with Crippen LogP contribution in [0.1, 0.15) is 62.0 Å². The van der Waals surface area contributed by atoms with Crippen molar-refractivity contribution in [2.24, 2.45) is 0 Å². The fourth-order valence-electron chi connectivity index (χ4n) is 5.05. The zero-order valence-electron chi connectivity index (χ0n) is 20.1. The Morgan fingerprint density at radius 2 is 1.86 bits per heavy atom. The molecule has 2 aromatic carbocycles. The van der Waals surface area contributed by atoms with Crippen molar-refractivity contribution in [3.63, 3.8) is 0 Å². The Labute approximate surface area is 210 Å². The lowest BCUT2D eigenvalue weighted by Gasteiger charge is -2.27. The molecule has 2 unspecified atom stereocenters. The summed E-state index contributed by atoms with van der Waals surface area (Å²) in [6.45, 7) is 4.67. The summed E-state index contributed by atoms with van der Waals surface area (Å²) in [5.74, 6) is 0.520. The number of benzene rings is 2. The van der Waals surface area contributed by atoms with Crippen molar-refractivity contribution < 1.29 is 9.18 Å². The Morgan fingerprint density at radius 1 is 1.09 bits per heavy atom. The predicted octanol–water partition coefficient (Wildman–Crippen LogP) is 5.07. The summed E-state index contributed by atoms with van der Waals surface area (Å²) in [6.07, 6.45) is 6.73. The number of fused-ring (bicyclic) bond motifs is 1. The highest BCUT2D eigenvalue weighted by atomic mass is 32.2. The highest BCUT2D eigenvalue weighted by Gasteiger charge is 2.26. The van der Waals surface area contributed by atoms with Gasteiger partial charge < -0.3 is 5.32 Å². The monoisotopic (exact) mass is 493 g/mol. The van der Waals surface area contributed by atoms with Gasteiger partial charge in [0, 0.05) is 5.69 Å². The molecule has 0 spiro atoms. The number of nitrogens with zero attached hydrogens (tertiary/aromatic N) is 4. The number of thioether (sulfide) groups is 1. The van der Waals surface area contributed by atoms with Crippen LogP contribution < -0.4 is 5.32 Å². The number of carbonyl (C=O) groups is 1. The van der Waals surface area contributed by atoms with Gasteiger partial charge in [0.1, 0.15) is 5.82 Å². The Kier molecular flexibility index (Phi) is 7.48. The average molecular weight is 494 g/mol. The molecule has 1 aromatic heterocycles. The van der Waals surface area contributed by atoms with Crippen LogP contribution in [0, 0.1) is 5.82 Å². The van der Waals surface area contributed by atoms with Crippen molar-refractivity contribution in [3.05, 3.63) is 71.3 Å². The van der Waals surface area contributed by atoms with E-state index in [0.717, 1.165) is 43.9 Å². The van der Waals surface area contributed by atoms with Crippen LogP contribution in [0.25, 0.3) is 5.69 Å². The van der Waals surface area contributed by atoms with Crippen molar-refractivity contribution in [2.45, 2.75) is 68.4 Å². The molecule has 1 aliphatic heterocycles. The second-order valence-electron chi connectivity index (χ2n) is 9.46. The smallest absolute Gasteiger partial charge is 0.233 e. The van der Waals surface area contributed by atoms with Gasteiger partial charge in [0.05, 0.1) is 17.8 Å². The van der Waals surface area contributed by atoms with E-state index >= 15 is 0 Å². The third-order valence-corrected chi connectivity index (χ3v) is 7.98. The SMILES string of the molecule is CC(Sc1nnc(CN2CCCCC2)n1-c1ccc(F)cc1)C(=O)NC1CCCc2ccccc21.